The normalized spacial score (nSPS) is 23.2. The van der Waals surface area contributed by atoms with Crippen molar-refractivity contribution in [1.29, 1.82) is 0 Å². The molecule has 0 spiro atoms. The molecule has 1 fully saturated rings. The van der Waals surface area contributed by atoms with E-state index < -0.39 is 0 Å². The van der Waals surface area contributed by atoms with Gasteiger partial charge in [0.1, 0.15) is 0 Å². The number of piperidine rings is 1. The molecule has 2 atom stereocenters. The fraction of sp³-hybridized carbons (Fsp3) is 0.333. The Balaban J connectivity index is 1.99. The second-order valence-electron chi connectivity index (χ2n) is 4.96. The molecule has 19 heavy (non-hydrogen) atoms. The molecule has 0 saturated carbocycles. The van der Waals surface area contributed by atoms with Crippen molar-refractivity contribution in [2.24, 2.45) is 0 Å². The van der Waals surface area contributed by atoms with Crippen molar-refractivity contribution in [1.82, 2.24) is 15.5 Å². The average molecular weight is 255 g/mol. The molecule has 2 unspecified atom stereocenters. The second kappa shape index (κ2) is 5.36. The molecule has 4 heteroatoms. The summed E-state index contributed by atoms with van der Waals surface area (Å²) in [6, 6.07) is 12.3. The van der Waals surface area contributed by atoms with E-state index in [0.717, 1.165) is 25.1 Å². The minimum absolute atomic E-state index is 0.0599. The van der Waals surface area contributed by atoms with Crippen LogP contribution >= 0.6 is 0 Å². The SMILES string of the molecule is O=c1[nH]nccc1C1CCNCC1c1ccccc1. The number of nitrogens with zero attached hydrogens (tertiary/aromatic N) is 1. The number of H-pyrrole nitrogens is 1. The van der Waals surface area contributed by atoms with Gasteiger partial charge in [0.15, 0.2) is 0 Å². The maximum Gasteiger partial charge on any atom is 0.267 e. The number of nitrogens with one attached hydrogen (secondary N) is 2. The molecule has 1 aliphatic rings. The zero-order valence-corrected chi connectivity index (χ0v) is 10.7. The van der Waals surface area contributed by atoms with Crippen LogP contribution in [0.5, 0.6) is 0 Å². The number of hydrogen-bond acceptors (Lipinski definition) is 3. The van der Waals surface area contributed by atoms with Gasteiger partial charge in [-0.05, 0) is 30.5 Å². The van der Waals surface area contributed by atoms with Crippen molar-refractivity contribution in [3.05, 3.63) is 64.1 Å². The molecule has 1 aromatic heterocycles. The molecular weight excluding hydrogens is 238 g/mol. The largest absolute Gasteiger partial charge is 0.316 e. The molecule has 0 radical (unpaired) electrons. The van der Waals surface area contributed by atoms with E-state index in [9.17, 15) is 4.79 Å². The van der Waals surface area contributed by atoms with Gasteiger partial charge in [-0.1, -0.05) is 30.3 Å². The highest BCUT2D eigenvalue weighted by atomic mass is 16.1. The first-order valence-electron chi connectivity index (χ1n) is 6.65. The summed E-state index contributed by atoms with van der Waals surface area (Å²) in [5.74, 6) is 0.605. The maximum atomic E-state index is 12.0. The minimum Gasteiger partial charge on any atom is -0.316 e. The van der Waals surface area contributed by atoms with Crippen LogP contribution in [-0.4, -0.2) is 23.3 Å². The highest BCUT2D eigenvalue weighted by Crippen LogP contribution is 2.35. The van der Waals surface area contributed by atoms with Crippen molar-refractivity contribution in [2.75, 3.05) is 13.1 Å². The van der Waals surface area contributed by atoms with Gasteiger partial charge in [0.2, 0.25) is 0 Å². The lowest BCUT2D eigenvalue weighted by atomic mass is 9.78. The molecule has 2 aromatic rings. The van der Waals surface area contributed by atoms with E-state index in [-0.39, 0.29) is 11.5 Å². The van der Waals surface area contributed by atoms with Crippen LogP contribution in [0.4, 0.5) is 0 Å². The Morgan fingerprint density at radius 2 is 1.95 bits per heavy atom. The number of hydrogen-bond donors (Lipinski definition) is 2. The van der Waals surface area contributed by atoms with Crippen LogP contribution in [-0.2, 0) is 0 Å². The molecule has 0 bridgehead atoms. The summed E-state index contributed by atoms with van der Waals surface area (Å²) in [6.45, 7) is 1.87. The van der Waals surface area contributed by atoms with Crippen molar-refractivity contribution in [3.63, 3.8) is 0 Å². The van der Waals surface area contributed by atoms with Crippen LogP contribution in [0, 0.1) is 0 Å². The first-order chi connectivity index (χ1) is 9.36. The van der Waals surface area contributed by atoms with E-state index in [4.69, 9.17) is 0 Å². The Hall–Kier alpha value is -1.94. The molecule has 1 aliphatic heterocycles. The lowest BCUT2D eigenvalue weighted by Gasteiger charge is -2.32. The molecule has 2 heterocycles. The Morgan fingerprint density at radius 3 is 2.74 bits per heavy atom. The molecule has 0 aliphatic carbocycles. The minimum atomic E-state index is -0.0599. The summed E-state index contributed by atoms with van der Waals surface area (Å²) in [4.78, 5) is 12.0. The maximum absolute atomic E-state index is 12.0. The van der Waals surface area contributed by atoms with Gasteiger partial charge in [0, 0.05) is 24.2 Å². The monoisotopic (exact) mass is 255 g/mol. The summed E-state index contributed by atoms with van der Waals surface area (Å²) in [5, 5.41) is 9.75. The predicted octanol–water partition coefficient (Wildman–Crippen LogP) is 1.63. The number of rotatable bonds is 2. The molecular formula is C15H17N3O. The first-order valence-corrected chi connectivity index (χ1v) is 6.65. The lowest BCUT2D eigenvalue weighted by Crippen LogP contribution is -2.36. The van der Waals surface area contributed by atoms with E-state index in [1.54, 1.807) is 6.20 Å². The highest BCUT2D eigenvalue weighted by molar-refractivity contribution is 5.28. The first kappa shape index (κ1) is 12.1. The molecule has 3 rings (SSSR count). The van der Waals surface area contributed by atoms with Gasteiger partial charge in [0.25, 0.3) is 5.56 Å². The van der Waals surface area contributed by atoms with Crippen LogP contribution in [0.25, 0.3) is 0 Å². The van der Waals surface area contributed by atoms with Gasteiger partial charge in [-0.25, -0.2) is 5.10 Å². The number of aromatic amines is 1. The average Bonchev–Trinajstić information content (AvgIpc) is 2.49. The fourth-order valence-corrected chi connectivity index (χ4v) is 2.93. The van der Waals surface area contributed by atoms with Gasteiger partial charge in [-0.2, -0.15) is 5.10 Å². The summed E-state index contributed by atoms with van der Waals surface area (Å²) in [7, 11) is 0. The third-order valence-electron chi connectivity index (χ3n) is 3.87. The van der Waals surface area contributed by atoms with E-state index in [1.165, 1.54) is 5.56 Å². The third-order valence-corrected chi connectivity index (χ3v) is 3.87. The van der Waals surface area contributed by atoms with Crippen LogP contribution in [0.1, 0.15) is 29.4 Å². The van der Waals surface area contributed by atoms with E-state index in [2.05, 4.69) is 39.8 Å². The Labute approximate surface area is 111 Å². The number of aromatic nitrogens is 2. The fourth-order valence-electron chi connectivity index (χ4n) is 2.93. The third kappa shape index (κ3) is 2.44. The summed E-state index contributed by atoms with van der Waals surface area (Å²) in [6.07, 6.45) is 2.65. The smallest absolute Gasteiger partial charge is 0.267 e. The summed E-state index contributed by atoms with van der Waals surface area (Å²) < 4.78 is 0. The van der Waals surface area contributed by atoms with Crippen molar-refractivity contribution in [2.45, 2.75) is 18.3 Å². The van der Waals surface area contributed by atoms with Crippen molar-refractivity contribution in [3.8, 4) is 0 Å². The quantitative estimate of drug-likeness (QED) is 0.857. The lowest BCUT2D eigenvalue weighted by molar-refractivity contribution is 0.401. The van der Waals surface area contributed by atoms with Crippen LogP contribution in [0.2, 0.25) is 0 Å². The molecule has 98 valence electrons. The van der Waals surface area contributed by atoms with E-state index in [1.807, 2.05) is 12.1 Å². The molecule has 4 nitrogen and oxygen atoms in total. The zero-order valence-electron chi connectivity index (χ0n) is 10.7. The van der Waals surface area contributed by atoms with Crippen LogP contribution < -0.4 is 10.9 Å². The summed E-state index contributed by atoms with van der Waals surface area (Å²) >= 11 is 0. The van der Waals surface area contributed by atoms with E-state index in [0.29, 0.717) is 5.92 Å². The van der Waals surface area contributed by atoms with Gasteiger partial charge in [-0.3, -0.25) is 4.79 Å². The Bertz CT molecular complexity index is 594. The van der Waals surface area contributed by atoms with Gasteiger partial charge in [0.05, 0.1) is 0 Å². The highest BCUT2D eigenvalue weighted by Gasteiger charge is 2.29. The van der Waals surface area contributed by atoms with Gasteiger partial charge >= 0.3 is 0 Å². The second-order valence-corrected chi connectivity index (χ2v) is 4.96. The van der Waals surface area contributed by atoms with E-state index >= 15 is 0 Å². The van der Waals surface area contributed by atoms with Gasteiger partial charge < -0.3 is 5.32 Å². The predicted molar refractivity (Wildman–Crippen MR) is 74.3 cm³/mol. The van der Waals surface area contributed by atoms with Gasteiger partial charge in [-0.15, -0.1) is 0 Å². The topological polar surface area (TPSA) is 57.8 Å². The molecule has 2 N–H and O–H groups in total. The van der Waals surface area contributed by atoms with Crippen LogP contribution in [0.3, 0.4) is 0 Å². The standard InChI is InChI=1S/C15H17N3O/c19-15-13(7-9-17-18-15)12-6-8-16-10-14(12)11-4-2-1-3-5-11/h1-5,7,9,12,14,16H,6,8,10H2,(H,18,19). The van der Waals surface area contributed by atoms with Crippen molar-refractivity contribution < 1.29 is 0 Å². The molecule has 1 saturated heterocycles. The summed E-state index contributed by atoms with van der Waals surface area (Å²) in [5.41, 5.74) is 2.08. The van der Waals surface area contributed by atoms with Crippen molar-refractivity contribution >= 4 is 0 Å². The zero-order chi connectivity index (χ0) is 13.1. The van der Waals surface area contributed by atoms with Crippen LogP contribution in [0.15, 0.2) is 47.4 Å². The molecule has 0 amide bonds. The molecule has 1 aromatic carbocycles. The number of benzene rings is 1. The Kier molecular flexibility index (Phi) is 3.42. The Morgan fingerprint density at radius 1 is 1.11 bits per heavy atom.